The Morgan fingerprint density at radius 1 is 1.13 bits per heavy atom. The number of allylic oxidation sites excluding steroid dienone is 1. The minimum absolute atomic E-state index is 0.00694. The van der Waals surface area contributed by atoms with Gasteiger partial charge in [0.25, 0.3) is 0 Å². The largest absolute Gasteiger partial charge is 0.462 e. The fourth-order valence-electron chi connectivity index (χ4n) is 6.14. The molecule has 4 unspecified atom stereocenters. The van der Waals surface area contributed by atoms with Crippen LogP contribution >= 0.6 is 0 Å². The molecular weight excluding hydrogens is 377 g/mol. The Morgan fingerprint density at radius 2 is 2.00 bits per heavy atom. The van der Waals surface area contributed by atoms with Crippen molar-refractivity contribution in [1.82, 2.24) is 4.98 Å². The van der Waals surface area contributed by atoms with Gasteiger partial charge in [0.1, 0.15) is 11.9 Å². The van der Waals surface area contributed by atoms with Crippen LogP contribution < -0.4 is 0 Å². The SMILES string of the molecule is CC1OC(=O)C2C[C@H]3CCCC[C@H]3C(/C=C/c3ccc(-c4cccc(F)c4)cn3)C12. The van der Waals surface area contributed by atoms with Gasteiger partial charge in [0.2, 0.25) is 0 Å². The Hall–Kier alpha value is -2.49. The lowest BCUT2D eigenvalue weighted by Gasteiger charge is -2.45. The molecule has 30 heavy (non-hydrogen) atoms. The fourth-order valence-corrected chi connectivity index (χ4v) is 6.14. The highest BCUT2D eigenvalue weighted by molar-refractivity contribution is 5.75. The third kappa shape index (κ3) is 3.57. The molecule has 156 valence electrons. The summed E-state index contributed by atoms with van der Waals surface area (Å²) < 4.78 is 19.1. The molecule has 3 aliphatic rings. The van der Waals surface area contributed by atoms with Crippen LogP contribution in [0.5, 0.6) is 0 Å². The van der Waals surface area contributed by atoms with E-state index in [1.54, 1.807) is 12.3 Å². The summed E-state index contributed by atoms with van der Waals surface area (Å²) in [6, 6.07) is 10.5. The number of rotatable bonds is 3. The van der Waals surface area contributed by atoms with Crippen molar-refractivity contribution in [3.05, 3.63) is 60.2 Å². The molecule has 0 radical (unpaired) electrons. The second-order valence-corrected chi connectivity index (χ2v) is 9.19. The average Bonchev–Trinajstić information content (AvgIpc) is 3.05. The molecule has 4 heteroatoms. The molecule has 3 nitrogen and oxygen atoms in total. The van der Waals surface area contributed by atoms with E-state index in [1.165, 1.54) is 37.8 Å². The standard InChI is InChI=1S/C26H28FNO2/c1-16-25-23(22-8-3-2-5-18(22)14-24(25)26(29)30-16)12-11-21-10-9-19(15-28-21)17-6-4-7-20(27)13-17/h4,6-7,9-13,15-16,18,22-25H,2-3,5,8,14H2,1H3/b12-11+/t16?,18-,22-,23?,24?,25?/m1/s1. The number of fused-ring (bicyclic) bond motifs is 2. The molecule has 0 spiro atoms. The number of pyridine rings is 1. The van der Waals surface area contributed by atoms with E-state index >= 15 is 0 Å². The van der Waals surface area contributed by atoms with Crippen molar-refractivity contribution in [3.63, 3.8) is 0 Å². The lowest BCUT2D eigenvalue weighted by Crippen LogP contribution is -2.42. The van der Waals surface area contributed by atoms with Crippen LogP contribution in [-0.4, -0.2) is 17.1 Å². The summed E-state index contributed by atoms with van der Waals surface area (Å²) in [5.41, 5.74) is 2.62. The Balaban J connectivity index is 1.39. The predicted octanol–water partition coefficient (Wildman–Crippen LogP) is 5.90. The van der Waals surface area contributed by atoms with Crippen LogP contribution in [0.15, 0.2) is 48.7 Å². The highest BCUT2D eigenvalue weighted by Gasteiger charge is 2.53. The number of benzene rings is 1. The van der Waals surface area contributed by atoms with Gasteiger partial charge in [-0.3, -0.25) is 9.78 Å². The summed E-state index contributed by atoms with van der Waals surface area (Å²) in [6.07, 6.45) is 12.2. The molecule has 0 N–H and O–H groups in total. The molecule has 2 aromatic rings. The summed E-state index contributed by atoms with van der Waals surface area (Å²) in [7, 11) is 0. The third-order valence-corrected chi connectivity index (χ3v) is 7.51. The Bertz CT molecular complexity index is 954. The molecule has 3 fully saturated rings. The molecular formula is C26H28FNO2. The molecule has 2 aliphatic carbocycles. The fraction of sp³-hybridized carbons (Fsp3) is 0.462. The summed E-state index contributed by atoms with van der Waals surface area (Å²) in [4.78, 5) is 17.0. The molecule has 0 bridgehead atoms. The van der Waals surface area contributed by atoms with E-state index in [2.05, 4.69) is 24.1 Å². The topological polar surface area (TPSA) is 39.2 Å². The highest BCUT2D eigenvalue weighted by atomic mass is 19.1. The molecule has 1 aromatic heterocycles. The van der Waals surface area contributed by atoms with Crippen molar-refractivity contribution in [2.45, 2.75) is 45.1 Å². The molecule has 2 heterocycles. The predicted molar refractivity (Wildman–Crippen MR) is 115 cm³/mol. The van der Waals surface area contributed by atoms with E-state index in [1.807, 2.05) is 18.2 Å². The Morgan fingerprint density at radius 3 is 2.80 bits per heavy atom. The highest BCUT2D eigenvalue weighted by Crippen LogP contribution is 2.53. The van der Waals surface area contributed by atoms with Crippen LogP contribution in [0.3, 0.4) is 0 Å². The quantitative estimate of drug-likeness (QED) is 0.597. The lowest BCUT2D eigenvalue weighted by atomic mass is 9.57. The molecule has 1 aromatic carbocycles. The van der Waals surface area contributed by atoms with Gasteiger partial charge in [-0.25, -0.2) is 4.39 Å². The van der Waals surface area contributed by atoms with Crippen molar-refractivity contribution < 1.29 is 13.9 Å². The molecule has 0 amide bonds. The zero-order chi connectivity index (χ0) is 20.7. The number of hydrogen-bond acceptors (Lipinski definition) is 3. The zero-order valence-corrected chi connectivity index (χ0v) is 17.3. The van der Waals surface area contributed by atoms with Crippen molar-refractivity contribution in [1.29, 1.82) is 0 Å². The van der Waals surface area contributed by atoms with E-state index < -0.39 is 0 Å². The number of aromatic nitrogens is 1. The molecule has 6 atom stereocenters. The van der Waals surface area contributed by atoms with Gasteiger partial charge in [0.15, 0.2) is 0 Å². The van der Waals surface area contributed by atoms with E-state index in [9.17, 15) is 9.18 Å². The molecule has 1 aliphatic heterocycles. The summed E-state index contributed by atoms with van der Waals surface area (Å²) in [5.74, 6) is 1.73. The van der Waals surface area contributed by atoms with Crippen LogP contribution in [-0.2, 0) is 9.53 Å². The first-order valence-electron chi connectivity index (χ1n) is 11.2. The van der Waals surface area contributed by atoms with Crippen molar-refractivity contribution in [3.8, 4) is 11.1 Å². The van der Waals surface area contributed by atoms with E-state index in [-0.39, 0.29) is 29.7 Å². The van der Waals surface area contributed by atoms with Crippen LogP contribution in [0.1, 0.15) is 44.7 Å². The maximum atomic E-state index is 13.5. The average molecular weight is 406 g/mol. The number of halogens is 1. The second-order valence-electron chi connectivity index (χ2n) is 9.19. The first-order valence-corrected chi connectivity index (χ1v) is 11.2. The van der Waals surface area contributed by atoms with Gasteiger partial charge in [-0.2, -0.15) is 0 Å². The maximum absolute atomic E-state index is 13.5. The summed E-state index contributed by atoms with van der Waals surface area (Å²) >= 11 is 0. The van der Waals surface area contributed by atoms with Crippen molar-refractivity contribution >= 4 is 12.0 Å². The van der Waals surface area contributed by atoms with E-state index in [0.29, 0.717) is 17.8 Å². The van der Waals surface area contributed by atoms with Gasteiger partial charge < -0.3 is 4.74 Å². The van der Waals surface area contributed by atoms with E-state index in [4.69, 9.17) is 4.74 Å². The number of hydrogen-bond donors (Lipinski definition) is 0. The van der Waals surface area contributed by atoms with Gasteiger partial charge in [-0.05, 0) is 67.4 Å². The molecule has 1 saturated heterocycles. The minimum Gasteiger partial charge on any atom is -0.462 e. The number of esters is 1. The number of nitrogens with zero attached hydrogens (tertiary/aromatic N) is 1. The third-order valence-electron chi connectivity index (χ3n) is 7.51. The van der Waals surface area contributed by atoms with E-state index in [0.717, 1.165) is 23.2 Å². The molecule has 5 rings (SSSR count). The van der Waals surface area contributed by atoms with Crippen molar-refractivity contribution in [2.75, 3.05) is 0 Å². The van der Waals surface area contributed by atoms with Gasteiger partial charge in [-0.1, -0.05) is 43.5 Å². The van der Waals surface area contributed by atoms with Crippen LogP contribution in [0.2, 0.25) is 0 Å². The van der Waals surface area contributed by atoms with Gasteiger partial charge in [0.05, 0.1) is 11.6 Å². The number of cyclic esters (lactones) is 1. The van der Waals surface area contributed by atoms with Crippen LogP contribution in [0, 0.1) is 35.4 Å². The number of carbonyl (C=O) groups excluding carboxylic acids is 1. The van der Waals surface area contributed by atoms with Crippen LogP contribution in [0.4, 0.5) is 4.39 Å². The van der Waals surface area contributed by atoms with Gasteiger partial charge in [0, 0.05) is 17.7 Å². The number of ether oxygens (including phenoxy) is 1. The lowest BCUT2D eigenvalue weighted by molar-refractivity contribution is -0.144. The van der Waals surface area contributed by atoms with Crippen LogP contribution in [0.25, 0.3) is 17.2 Å². The monoisotopic (exact) mass is 405 g/mol. The summed E-state index contributed by atoms with van der Waals surface area (Å²) in [6.45, 7) is 2.05. The first kappa shape index (κ1) is 19.5. The van der Waals surface area contributed by atoms with Gasteiger partial charge in [-0.15, -0.1) is 0 Å². The Kier molecular flexibility index (Phi) is 5.18. The zero-order valence-electron chi connectivity index (χ0n) is 17.3. The first-order chi connectivity index (χ1) is 14.6. The summed E-state index contributed by atoms with van der Waals surface area (Å²) in [5, 5.41) is 0. The maximum Gasteiger partial charge on any atom is 0.309 e. The molecule has 2 saturated carbocycles. The number of carbonyl (C=O) groups is 1. The van der Waals surface area contributed by atoms with Crippen molar-refractivity contribution in [2.24, 2.45) is 29.6 Å². The second kappa shape index (κ2) is 7.98. The van der Waals surface area contributed by atoms with Gasteiger partial charge >= 0.3 is 5.97 Å². The Labute approximate surface area is 177 Å². The normalized spacial score (nSPS) is 33.2. The smallest absolute Gasteiger partial charge is 0.309 e. The minimum atomic E-state index is -0.243.